The summed E-state index contributed by atoms with van der Waals surface area (Å²) in [5.74, 6) is -0.388. The summed E-state index contributed by atoms with van der Waals surface area (Å²) in [5, 5.41) is 0. The van der Waals surface area contributed by atoms with Gasteiger partial charge in [-0.3, -0.25) is 14.4 Å². The van der Waals surface area contributed by atoms with Gasteiger partial charge in [0, 0.05) is 71.5 Å². The molecule has 17 heteroatoms. The van der Waals surface area contributed by atoms with Crippen LogP contribution in [0.2, 0.25) is 0 Å². The van der Waals surface area contributed by atoms with Gasteiger partial charge in [-0.1, -0.05) is 6.58 Å². The van der Waals surface area contributed by atoms with E-state index in [2.05, 4.69) is 31.5 Å². The van der Waals surface area contributed by atoms with Gasteiger partial charge in [0.15, 0.2) is 5.82 Å². The predicted molar refractivity (Wildman–Crippen MR) is 159 cm³/mol. The first-order valence-corrected chi connectivity index (χ1v) is 14.8. The first-order chi connectivity index (χ1) is 21.6. The summed E-state index contributed by atoms with van der Waals surface area (Å²) in [6, 6.07) is 0. The van der Waals surface area contributed by atoms with Crippen molar-refractivity contribution in [2.75, 3.05) is 94.7 Å². The second-order valence-corrected chi connectivity index (χ2v) is 11.1. The third-order valence-electron chi connectivity index (χ3n) is 8.18. The standard InChI is InChI=1S/C28H37F2N11O4/c1-3-20(42)38-6-4-18(5-7-38)25(44)37(2)17-21(43)39-8-10-40(11-9-39)27-34-24(19-16-32-26(31)33-22(19)23(29)30)35-28(36-27)41-12-14-45-15-13-41/h3,16,18,23H,1,4-15,17H2,2H3,(H2,31,32,33). The Hall–Kier alpha value is -4.54. The van der Waals surface area contributed by atoms with Crippen LogP contribution >= 0.6 is 0 Å². The molecular formula is C28H37F2N11O4. The molecule has 15 nitrogen and oxygen atoms in total. The Labute approximate surface area is 259 Å². The number of piperazine rings is 1. The van der Waals surface area contributed by atoms with E-state index in [0.717, 1.165) is 0 Å². The molecule has 0 bridgehead atoms. The molecule has 5 heterocycles. The van der Waals surface area contributed by atoms with E-state index in [9.17, 15) is 23.2 Å². The molecule has 0 spiro atoms. The maximum Gasteiger partial charge on any atom is 0.281 e. The molecule has 3 amide bonds. The minimum atomic E-state index is -2.92. The fraction of sp³-hybridized carbons (Fsp3) is 0.571. The van der Waals surface area contributed by atoms with Crippen LogP contribution in [0.15, 0.2) is 18.9 Å². The lowest BCUT2D eigenvalue weighted by Gasteiger charge is -2.36. The molecule has 0 saturated carbocycles. The molecule has 0 radical (unpaired) electrons. The lowest BCUT2D eigenvalue weighted by molar-refractivity contribution is -0.143. The fourth-order valence-corrected chi connectivity index (χ4v) is 5.59. The zero-order chi connectivity index (χ0) is 32.1. The van der Waals surface area contributed by atoms with E-state index in [1.54, 1.807) is 16.8 Å². The van der Waals surface area contributed by atoms with Crippen LogP contribution in [0.25, 0.3) is 11.4 Å². The summed E-state index contributed by atoms with van der Waals surface area (Å²) in [4.78, 5) is 67.8. The van der Waals surface area contributed by atoms with Gasteiger partial charge in [0.1, 0.15) is 5.69 Å². The van der Waals surface area contributed by atoms with Crippen LogP contribution in [0.1, 0.15) is 25.0 Å². The van der Waals surface area contributed by atoms with Crippen LogP contribution in [0, 0.1) is 5.92 Å². The number of carbonyl (C=O) groups is 3. The SMILES string of the molecule is C=CC(=O)N1CCC(C(=O)N(C)CC(=O)N2CCN(c3nc(-c4cnc(N)nc4C(F)F)nc(N4CCOCC4)n3)CC2)CC1. The average Bonchev–Trinajstić information content (AvgIpc) is 3.07. The Balaban J connectivity index is 1.25. The highest BCUT2D eigenvalue weighted by Gasteiger charge is 2.31. The summed E-state index contributed by atoms with van der Waals surface area (Å²) >= 11 is 0. The maximum atomic E-state index is 13.9. The van der Waals surface area contributed by atoms with Gasteiger partial charge in [-0.25, -0.2) is 18.7 Å². The molecule has 3 aliphatic rings. The number of piperidine rings is 1. The molecule has 0 atom stereocenters. The van der Waals surface area contributed by atoms with Crippen LogP contribution in [-0.2, 0) is 19.1 Å². The largest absolute Gasteiger partial charge is 0.378 e. The summed E-state index contributed by atoms with van der Waals surface area (Å²) in [7, 11) is 1.62. The van der Waals surface area contributed by atoms with Crippen LogP contribution < -0.4 is 15.5 Å². The van der Waals surface area contributed by atoms with E-state index >= 15 is 0 Å². The number of nitrogen functional groups attached to an aromatic ring is 1. The Morgan fingerprint density at radius 3 is 2.20 bits per heavy atom. The van der Waals surface area contributed by atoms with Gasteiger partial charge in [0.05, 0.1) is 25.3 Å². The molecule has 5 rings (SSSR count). The number of nitrogens with zero attached hydrogens (tertiary/aromatic N) is 10. The van der Waals surface area contributed by atoms with Gasteiger partial charge in [-0.05, 0) is 18.9 Å². The quantitative estimate of drug-likeness (QED) is 0.395. The Morgan fingerprint density at radius 1 is 0.978 bits per heavy atom. The number of anilines is 3. The summed E-state index contributed by atoms with van der Waals surface area (Å²) in [6.45, 7) is 7.84. The molecule has 3 aliphatic heterocycles. The predicted octanol–water partition coefficient (Wildman–Crippen LogP) is 0.217. The Morgan fingerprint density at radius 2 is 1.60 bits per heavy atom. The van der Waals surface area contributed by atoms with Crippen molar-refractivity contribution in [2.24, 2.45) is 5.92 Å². The number of carbonyl (C=O) groups excluding carboxylic acids is 3. The third kappa shape index (κ3) is 7.41. The summed E-state index contributed by atoms with van der Waals surface area (Å²) in [6.07, 6.45) is 0.610. The molecule has 3 saturated heterocycles. The number of nitrogens with two attached hydrogens (primary N) is 1. The number of ether oxygens (including phenoxy) is 1. The zero-order valence-electron chi connectivity index (χ0n) is 25.1. The van der Waals surface area contributed by atoms with Crippen molar-refractivity contribution in [2.45, 2.75) is 19.3 Å². The first kappa shape index (κ1) is 31.9. The molecule has 2 N–H and O–H groups in total. The molecule has 0 aliphatic carbocycles. The van der Waals surface area contributed by atoms with Crippen molar-refractivity contribution < 1.29 is 27.9 Å². The fourth-order valence-electron chi connectivity index (χ4n) is 5.59. The van der Waals surface area contributed by atoms with E-state index < -0.39 is 12.1 Å². The summed E-state index contributed by atoms with van der Waals surface area (Å²) < 4.78 is 33.2. The van der Waals surface area contributed by atoms with Gasteiger partial charge in [0.2, 0.25) is 35.6 Å². The second-order valence-electron chi connectivity index (χ2n) is 11.1. The van der Waals surface area contributed by atoms with Crippen LogP contribution in [0.5, 0.6) is 0 Å². The van der Waals surface area contributed by atoms with E-state index in [4.69, 9.17) is 10.5 Å². The number of morpholine rings is 1. The van der Waals surface area contributed by atoms with Crippen molar-refractivity contribution in [3.05, 3.63) is 24.5 Å². The maximum absolute atomic E-state index is 13.9. The number of amides is 3. The average molecular weight is 630 g/mol. The molecule has 3 fully saturated rings. The Kier molecular flexibility index (Phi) is 9.95. The van der Waals surface area contributed by atoms with E-state index in [-0.39, 0.29) is 53.5 Å². The van der Waals surface area contributed by atoms with Gasteiger partial charge in [0.25, 0.3) is 6.43 Å². The number of hydrogen-bond acceptors (Lipinski definition) is 12. The van der Waals surface area contributed by atoms with Gasteiger partial charge in [-0.15, -0.1) is 0 Å². The summed E-state index contributed by atoms with van der Waals surface area (Å²) in [5.41, 5.74) is 4.95. The van der Waals surface area contributed by atoms with Gasteiger partial charge < -0.3 is 35.0 Å². The number of halogens is 2. The minimum absolute atomic E-state index is 0.00451. The van der Waals surface area contributed by atoms with Crippen molar-refractivity contribution >= 4 is 35.6 Å². The normalized spacial score (nSPS) is 17.9. The van der Waals surface area contributed by atoms with E-state index in [1.807, 2.05) is 9.80 Å². The topological polar surface area (TPSA) is 167 Å². The number of alkyl halides is 2. The second kappa shape index (κ2) is 14.0. The lowest BCUT2D eigenvalue weighted by atomic mass is 9.95. The molecule has 0 unspecified atom stereocenters. The smallest absolute Gasteiger partial charge is 0.281 e. The van der Waals surface area contributed by atoms with E-state index in [0.29, 0.717) is 84.4 Å². The van der Waals surface area contributed by atoms with Crippen molar-refractivity contribution in [1.82, 2.24) is 39.6 Å². The monoisotopic (exact) mass is 629 g/mol. The third-order valence-corrected chi connectivity index (χ3v) is 8.18. The molecule has 2 aromatic heterocycles. The van der Waals surface area contributed by atoms with Crippen molar-refractivity contribution in [1.29, 1.82) is 0 Å². The van der Waals surface area contributed by atoms with Crippen LogP contribution in [-0.4, -0.2) is 137 Å². The van der Waals surface area contributed by atoms with Crippen molar-refractivity contribution in [3.63, 3.8) is 0 Å². The number of likely N-dealkylation sites (N-methyl/N-ethyl adjacent to an activating group) is 1. The number of rotatable bonds is 8. The van der Waals surface area contributed by atoms with Crippen LogP contribution in [0.3, 0.4) is 0 Å². The number of hydrogen-bond donors (Lipinski definition) is 1. The molecule has 0 aromatic carbocycles. The van der Waals surface area contributed by atoms with Gasteiger partial charge >= 0.3 is 0 Å². The molecular weight excluding hydrogens is 592 g/mol. The lowest BCUT2D eigenvalue weighted by Crippen LogP contribution is -2.52. The van der Waals surface area contributed by atoms with Crippen LogP contribution in [0.4, 0.5) is 26.6 Å². The highest BCUT2D eigenvalue weighted by atomic mass is 19.3. The Bertz CT molecular complexity index is 1410. The minimum Gasteiger partial charge on any atom is -0.378 e. The highest BCUT2D eigenvalue weighted by Crippen LogP contribution is 2.30. The van der Waals surface area contributed by atoms with E-state index in [1.165, 1.54) is 17.2 Å². The molecule has 242 valence electrons. The van der Waals surface area contributed by atoms with Gasteiger partial charge in [-0.2, -0.15) is 15.0 Å². The first-order valence-electron chi connectivity index (χ1n) is 14.8. The van der Waals surface area contributed by atoms with Crippen molar-refractivity contribution in [3.8, 4) is 11.4 Å². The number of likely N-dealkylation sites (tertiary alicyclic amines) is 1. The zero-order valence-corrected chi connectivity index (χ0v) is 25.1. The molecule has 45 heavy (non-hydrogen) atoms. The highest BCUT2D eigenvalue weighted by molar-refractivity contribution is 5.88. The number of aromatic nitrogens is 5. The molecule has 2 aromatic rings.